The Labute approximate surface area is 133 Å². The van der Waals surface area contributed by atoms with Gasteiger partial charge in [-0.15, -0.1) is 0 Å². The second-order valence-corrected chi connectivity index (χ2v) is 6.29. The summed E-state index contributed by atoms with van der Waals surface area (Å²) in [4.78, 5) is 12.1. The molecule has 3 nitrogen and oxygen atoms in total. The molecule has 1 amide bonds. The molecular formula is C17H20F3NO2. The van der Waals surface area contributed by atoms with Crippen LogP contribution in [0.1, 0.15) is 42.7 Å². The third-order valence-electron chi connectivity index (χ3n) is 4.56. The van der Waals surface area contributed by atoms with E-state index in [1.165, 1.54) is 6.07 Å². The Balaban J connectivity index is 1.49. The number of amides is 1. The van der Waals surface area contributed by atoms with Crippen molar-refractivity contribution >= 4 is 5.91 Å². The van der Waals surface area contributed by atoms with Crippen molar-refractivity contribution in [3.63, 3.8) is 0 Å². The molecule has 1 saturated carbocycles. The van der Waals surface area contributed by atoms with Gasteiger partial charge in [0.05, 0.1) is 11.7 Å². The summed E-state index contributed by atoms with van der Waals surface area (Å²) in [5.74, 6) is -0.367. The normalized spacial score (nSPS) is 27.0. The van der Waals surface area contributed by atoms with Crippen LogP contribution in [0.15, 0.2) is 24.3 Å². The van der Waals surface area contributed by atoms with Crippen LogP contribution in [0.5, 0.6) is 0 Å². The molecule has 0 spiro atoms. The minimum atomic E-state index is -4.34. The number of carbonyl (C=O) groups excluding carboxylic acids is 1. The second kappa shape index (κ2) is 6.51. The van der Waals surface area contributed by atoms with E-state index < -0.39 is 11.7 Å². The summed E-state index contributed by atoms with van der Waals surface area (Å²) in [7, 11) is 0. The summed E-state index contributed by atoms with van der Waals surface area (Å²) in [6.45, 7) is 1.36. The zero-order chi connectivity index (χ0) is 16.4. The lowest BCUT2D eigenvalue weighted by Gasteiger charge is -2.10. The molecule has 3 rings (SSSR count). The summed E-state index contributed by atoms with van der Waals surface area (Å²) >= 11 is 0. The van der Waals surface area contributed by atoms with Crippen LogP contribution in [-0.4, -0.2) is 25.2 Å². The average molecular weight is 327 g/mol. The first-order valence-corrected chi connectivity index (χ1v) is 8.01. The number of rotatable bonds is 5. The quantitative estimate of drug-likeness (QED) is 0.899. The van der Waals surface area contributed by atoms with Gasteiger partial charge in [0.25, 0.3) is 0 Å². The summed E-state index contributed by atoms with van der Waals surface area (Å²) in [6, 6.07) is 5.29. The number of benzene rings is 1. The molecule has 6 heteroatoms. The monoisotopic (exact) mass is 327 g/mol. The number of nitrogens with one attached hydrogen (secondary N) is 1. The molecule has 2 aliphatic rings. The topological polar surface area (TPSA) is 38.3 Å². The molecule has 1 heterocycles. The Hall–Kier alpha value is -1.56. The van der Waals surface area contributed by atoms with Crippen LogP contribution in [0, 0.1) is 5.92 Å². The van der Waals surface area contributed by atoms with Crippen LogP contribution < -0.4 is 5.32 Å². The van der Waals surface area contributed by atoms with Crippen molar-refractivity contribution in [1.82, 2.24) is 5.32 Å². The summed E-state index contributed by atoms with van der Waals surface area (Å²) in [5, 5.41) is 2.87. The summed E-state index contributed by atoms with van der Waals surface area (Å²) in [6.07, 6.45) is -0.594. The smallest absolute Gasteiger partial charge is 0.378 e. The van der Waals surface area contributed by atoms with E-state index in [0.717, 1.165) is 38.0 Å². The number of halogens is 3. The second-order valence-electron chi connectivity index (χ2n) is 6.29. The highest BCUT2D eigenvalue weighted by Gasteiger charge is 2.44. The molecule has 1 aliphatic carbocycles. The number of hydrogen-bond donors (Lipinski definition) is 1. The molecule has 0 aromatic heterocycles. The van der Waals surface area contributed by atoms with Gasteiger partial charge in [0, 0.05) is 19.1 Å². The molecular weight excluding hydrogens is 307 g/mol. The van der Waals surface area contributed by atoms with Gasteiger partial charge in [-0.25, -0.2) is 0 Å². The zero-order valence-electron chi connectivity index (χ0n) is 12.7. The van der Waals surface area contributed by atoms with Crippen molar-refractivity contribution in [1.29, 1.82) is 0 Å². The maximum atomic E-state index is 12.7. The van der Waals surface area contributed by atoms with Crippen LogP contribution >= 0.6 is 0 Å². The molecule has 1 aliphatic heterocycles. The first-order chi connectivity index (χ1) is 10.9. The van der Waals surface area contributed by atoms with Crippen LogP contribution in [0.25, 0.3) is 0 Å². The molecule has 0 radical (unpaired) electrons. The zero-order valence-corrected chi connectivity index (χ0v) is 12.7. The van der Waals surface area contributed by atoms with Crippen molar-refractivity contribution in [2.45, 2.75) is 43.9 Å². The van der Waals surface area contributed by atoms with Gasteiger partial charge in [-0.05, 0) is 43.2 Å². The molecule has 3 unspecified atom stereocenters. The number of carbonyl (C=O) groups is 1. The maximum Gasteiger partial charge on any atom is 0.416 e. The molecule has 0 bridgehead atoms. The van der Waals surface area contributed by atoms with Gasteiger partial charge in [-0.3, -0.25) is 4.79 Å². The SMILES string of the molecule is O=C(NCCC1CCCO1)C1CC1c1cccc(C(F)(F)F)c1. The molecule has 126 valence electrons. The molecule has 1 aromatic carbocycles. The van der Waals surface area contributed by atoms with Gasteiger partial charge in [-0.2, -0.15) is 13.2 Å². The highest BCUT2D eigenvalue weighted by Crippen LogP contribution is 2.48. The lowest BCUT2D eigenvalue weighted by atomic mass is 10.1. The van der Waals surface area contributed by atoms with Crippen molar-refractivity contribution in [3.05, 3.63) is 35.4 Å². The van der Waals surface area contributed by atoms with E-state index in [1.54, 1.807) is 6.07 Å². The molecule has 2 fully saturated rings. The van der Waals surface area contributed by atoms with E-state index in [-0.39, 0.29) is 23.8 Å². The standard InChI is InChI=1S/C17H20F3NO2/c18-17(19,20)12-4-1-3-11(9-12)14-10-15(14)16(22)21-7-6-13-5-2-8-23-13/h1,3-4,9,13-15H,2,5-8,10H2,(H,21,22). The summed E-state index contributed by atoms with van der Waals surface area (Å²) in [5.41, 5.74) is -0.0569. The Kier molecular flexibility index (Phi) is 4.62. The average Bonchev–Trinajstić information content (AvgIpc) is 3.16. The Bertz CT molecular complexity index is 567. The Morgan fingerprint density at radius 1 is 1.35 bits per heavy atom. The van der Waals surface area contributed by atoms with E-state index >= 15 is 0 Å². The minimum absolute atomic E-state index is 0.0644. The van der Waals surface area contributed by atoms with Gasteiger partial charge in [0.15, 0.2) is 0 Å². The molecule has 1 aromatic rings. The van der Waals surface area contributed by atoms with E-state index in [4.69, 9.17) is 4.74 Å². The lowest BCUT2D eigenvalue weighted by Crippen LogP contribution is -2.28. The van der Waals surface area contributed by atoms with Gasteiger partial charge >= 0.3 is 6.18 Å². The molecule has 1 saturated heterocycles. The Morgan fingerprint density at radius 3 is 2.87 bits per heavy atom. The van der Waals surface area contributed by atoms with Gasteiger partial charge < -0.3 is 10.1 Å². The van der Waals surface area contributed by atoms with Crippen LogP contribution in [0.4, 0.5) is 13.2 Å². The predicted octanol–water partition coefficient (Wildman–Crippen LogP) is 3.49. The van der Waals surface area contributed by atoms with Crippen LogP contribution in [0.2, 0.25) is 0 Å². The number of hydrogen-bond acceptors (Lipinski definition) is 2. The van der Waals surface area contributed by atoms with Gasteiger partial charge in [0.1, 0.15) is 0 Å². The minimum Gasteiger partial charge on any atom is -0.378 e. The van der Waals surface area contributed by atoms with Crippen molar-refractivity contribution in [2.75, 3.05) is 13.2 Å². The fraction of sp³-hybridized carbons (Fsp3) is 0.588. The molecule has 23 heavy (non-hydrogen) atoms. The predicted molar refractivity (Wildman–Crippen MR) is 78.9 cm³/mol. The van der Waals surface area contributed by atoms with Crippen LogP contribution in [0.3, 0.4) is 0 Å². The number of ether oxygens (including phenoxy) is 1. The largest absolute Gasteiger partial charge is 0.416 e. The third kappa shape index (κ3) is 4.05. The van der Waals surface area contributed by atoms with Gasteiger partial charge in [0.2, 0.25) is 5.91 Å². The van der Waals surface area contributed by atoms with Gasteiger partial charge in [-0.1, -0.05) is 18.2 Å². The number of alkyl halides is 3. The Morgan fingerprint density at radius 2 is 2.17 bits per heavy atom. The lowest BCUT2D eigenvalue weighted by molar-refractivity contribution is -0.137. The van der Waals surface area contributed by atoms with E-state index in [1.807, 2.05) is 0 Å². The highest BCUT2D eigenvalue weighted by atomic mass is 19.4. The van der Waals surface area contributed by atoms with Crippen molar-refractivity contribution in [2.24, 2.45) is 5.92 Å². The van der Waals surface area contributed by atoms with Crippen LogP contribution in [-0.2, 0) is 15.7 Å². The first kappa shape index (κ1) is 16.3. The third-order valence-corrected chi connectivity index (χ3v) is 4.56. The van der Waals surface area contributed by atoms with E-state index in [0.29, 0.717) is 18.5 Å². The fourth-order valence-electron chi connectivity index (χ4n) is 3.16. The molecule has 1 N–H and O–H groups in total. The van der Waals surface area contributed by atoms with Crippen molar-refractivity contribution in [3.8, 4) is 0 Å². The fourth-order valence-corrected chi connectivity index (χ4v) is 3.16. The highest BCUT2D eigenvalue weighted by molar-refractivity contribution is 5.82. The molecule has 3 atom stereocenters. The maximum absolute atomic E-state index is 12.7. The van der Waals surface area contributed by atoms with E-state index in [2.05, 4.69) is 5.32 Å². The van der Waals surface area contributed by atoms with E-state index in [9.17, 15) is 18.0 Å². The first-order valence-electron chi connectivity index (χ1n) is 8.01. The van der Waals surface area contributed by atoms with Crippen molar-refractivity contribution < 1.29 is 22.7 Å². The summed E-state index contributed by atoms with van der Waals surface area (Å²) < 4.78 is 43.7.